The largest absolute Gasteiger partial charge is 0.467 e. The van der Waals surface area contributed by atoms with Crippen molar-refractivity contribution in [2.75, 3.05) is 0 Å². The number of thioether (sulfide) groups is 1. The van der Waals surface area contributed by atoms with Gasteiger partial charge in [0.1, 0.15) is 5.76 Å². The van der Waals surface area contributed by atoms with Crippen LogP contribution in [0.5, 0.6) is 0 Å². The number of amidine groups is 1. The Balaban J connectivity index is 1.70. The van der Waals surface area contributed by atoms with Crippen LogP contribution < -0.4 is 5.32 Å². The average Bonchev–Trinajstić information content (AvgIpc) is 3.16. The molecular formula is C17H16N2O2S. The molecule has 1 aliphatic rings. The highest BCUT2D eigenvalue weighted by Gasteiger charge is 2.23. The third-order valence-electron chi connectivity index (χ3n) is 3.30. The minimum absolute atomic E-state index is 0.109. The number of carbonyl (C=O) groups is 1. The van der Waals surface area contributed by atoms with Crippen molar-refractivity contribution in [3.05, 3.63) is 64.5 Å². The molecule has 2 heterocycles. The van der Waals surface area contributed by atoms with E-state index in [4.69, 9.17) is 4.42 Å². The maximum absolute atomic E-state index is 12.0. The van der Waals surface area contributed by atoms with Crippen LogP contribution >= 0.6 is 11.8 Å². The zero-order valence-electron chi connectivity index (χ0n) is 12.2. The monoisotopic (exact) mass is 312 g/mol. The molecular weight excluding hydrogens is 296 g/mol. The van der Waals surface area contributed by atoms with Crippen LogP contribution in [0.2, 0.25) is 0 Å². The number of aryl methyl sites for hydroxylation is 1. The Labute approximate surface area is 133 Å². The molecule has 0 spiro atoms. The van der Waals surface area contributed by atoms with E-state index in [0.29, 0.717) is 16.6 Å². The lowest BCUT2D eigenvalue weighted by molar-refractivity contribution is -0.115. The molecule has 0 aliphatic carbocycles. The Morgan fingerprint density at radius 1 is 1.27 bits per heavy atom. The SMILES string of the molecule is CCc1ccc(/C=C2\SC(=NCc3ccco3)NC2=O)cc1. The summed E-state index contributed by atoms with van der Waals surface area (Å²) in [5.41, 5.74) is 2.30. The van der Waals surface area contributed by atoms with Crippen molar-refractivity contribution >= 4 is 28.9 Å². The quantitative estimate of drug-likeness (QED) is 0.878. The van der Waals surface area contributed by atoms with Gasteiger partial charge >= 0.3 is 0 Å². The number of benzene rings is 1. The second-order valence-electron chi connectivity index (χ2n) is 4.86. The van der Waals surface area contributed by atoms with Crippen LogP contribution in [-0.4, -0.2) is 11.1 Å². The van der Waals surface area contributed by atoms with Crippen LogP contribution in [0, 0.1) is 0 Å². The summed E-state index contributed by atoms with van der Waals surface area (Å²) in [5.74, 6) is 0.665. The van der Waals surface area contributed by atoms with E-state index in [-0.39, 0.29) is 5.91 Å². The molecule has 22 heavy (non-hydrogen) atoms. The number of amides is 1. The van der Waals surface area contributed by atoms with Gasteiger partial charge in [-0.1, -0.05) is 31.2 Å². The van der Waals surface area contributed by atoms with Gasteiger partial charge in [-0.25, -0.2) is 0 Å². The molecule has 0 atom stereocenters. The Morgan fingerprint density at radius 3 is 2.77 bits per heavy atom. The summed E-state index contributed by atoms with van der Waals surface area (Å²) in [6.45, 7) is 2.55. The van der Waals surface area contributed by atoms with Crippen LogP contribution in [-0.2, 0) is 17.8 Å². The lowest BCUT2D eigenvalue weighted by Crippen LogP contribution is -2.19. The predicted molar refractivity (Wildman–Crippen MR) is 89.4 cm³/mol. The molecule has 1 aromatic carbocycles. The first-order chi connectivity index (χ1) is 10.7. The lowest BCUT2D eigenvalue weighted by Gasteiger charge is -1.98. The molecule has 0 bridgehead atoms. The molecule has 0 radical (unpaired) electrons. The third kappa shape index (κ3) is 3.49. The molecule has 1 aliphatic heterocycles. The minimum Gasteiger partial charge on any atom is -0.467 e. The lowest BCUT2D eigenvalue weighted by atomic mass is 10.1. The van der Waals surface area contributed by atoms with Gasteiger partial charge in [0.2, 0.25) is 0 Å². The number of furan rings is 1. The van der Waals surface area contributed by atoms with E-state index in [1.165, 1.54) is 17.3 Å². The molecule has 112 valence electrons. The fourth-order valence-electron chi connectivity index (χ4n) is 2.05. The van der Waals surface area contributed by atoms with Crippen LogP contribution in [0.3, 0.4) is 0 Å². The Hall–Kier alpha value is -2.27. The van der Waals surface area contributed by atoms with E-state index in [0.717, 1.165) is 17.7 Å². The zero-order valence-corrected chi connectivity index (χ0v) is 13.0. The highest BCUT2D eigenvalue weighted by molar-refractivity contribution is 8.18. The van der Waals surface area contributed by atoms with Gasteiger partial charge in [-0.05, 0) is 47.5 Å². The third-order valence-corrected chi connectivity index (χ3v) is 4.24. The number of nitrogens with zero attached hydrogens (tertiary/aromatic N) is 1. The van der Waals surface area contributed by atoms with E-state index >= 15 is 0 Å². The second-order valence-corrected chi connectivity index (χ2v) is 5.89. The van der Waals surface area contributed by atoms with Crippen molar-refractivity contribution in [1.82, 2.24) is 5.32 Å². The van der Waals surface area contributed by atoms with E-state index in [9.17, 15) is 4.79 Å². The molecule has 5 heteroatoms. The van der Waals surface area contributed by atoms with Crippen molar-refractivity contribution in [3.63, 3.8) is 0 Å². The van der Waals surface area contributed by atoms with Gasteiger partial charge in [0.25, 0.3) is 5.91 Å². The highest BCUT2D eigenvalue weighted by atomic mass is 32.2. The molecule has 1 saturated heterocycles. The summed E-state index contributed by atoms with van der Waals surface area (Å²) in [4.78, 5) is 17.0. The van der Waals surface area contributed by atoms with Gasteiger partial charge in [-0.2, -0.15) is 0 Å². The Kier molecular flexibility index (Phi) is 4.44. The van der Waals surface area contributed by atoms with Gasteiger partial charge in [-0.15, -0.1) is 0 Å². The molecule has 0 saturated carbocycles. The van der Waals surface area contributed by atoms with E-state index in [2.05, 4.69) is 29.4 Å². The number of hydrogen-bond acceptors (Lipinski definition) is 4. The Morgan fingerprint density at radius 2 is 2.09 bits per heavy atom. The van der Waals surface area contributed by atoms with Crippen molar-refractivity contribution in [3.8, 4) is 0 Å². The topological polar surface area (TPSA) is 54.6 Å². The second kappa shape index (κ2) is 6.66. The molecule has 4 nitrogen and oxygen atoms in total. The fourth-order valence-corrected chi connectivity index (χ4v) is 2.87. The molecule has 3 rings (SSSR count). The first-order valence-electron chi connectivity index (χ1n) is 7.11. The van der Waals surface area contributed by atoms with Gasteiger partial charge in [0.05, 0.1) is 17.7 Å². The van der Waals surface area contributed by atoms with Crippen molar-refractivity contribution in [2.24, 2.45) is 4.99 Å². The number of aliphatic imine (C=N–C) groups is 1. The molecule has 1 N–H and O–H groups in total. The Bertz CT molecular complexity index is 716. The van der Waals surface area contributed by atoms with Gasteiger partial charge in [0, 0.05) is 0 Å². The highest BCUT2D eigenvalue weighted by Crippen LogP contribution is 2.26. The van der Waals surface area contributed by atoms with E-state index in [1.807, 2.05) is 30.3 Å². The summed E-state index contributed by atoms with van der Waals surface area (Å²) in [5, 5.41) is 3.38. The first-order valence-corrected chi connectivity index (χ1v) is 7.93. The summed E-state index contributed by atoms with van der Waals surface area (Å²) in [6, 6.07) is 11.9. The summed E-state index contributed by atoms with van der Waals surface area (Å²) in [6.07, 6.45) is 4.51. The average molecular weight is 312 g/mol. The van der Waals surface area contributed by atoms with Crippen LogP contribution in [0.4, 0.5) is 0 Å². The van der Waals surface area contributed by atoms with Gasteiger partial charge < -0.3 is 9.73 Å². The zero-order chi connectivity index (χ0) is 15.4. The summed E-state index contributed by atoms with van der Waals surface area (Å²) < 4.78 is 5.22. The smallest absolute Gasteiger partial charge is 0.264 e. The number of carbonyl (C=O) groups excluding carboxylic acids is 1. The number of rotatable bonds is 4. The summed E-state index contributed by atoms with van der Waals surface area (Å²) in [7, 11) is 0. The molecule has 1 amide bonds. The predicted octanol–water partition coefficient (Wildman–Crippen LogP) is 3.60. The molecule has 2 aromatic rings. The number of nitrogens with one attached hydrogen (secondary N) is 1. The van der Waals surface area contributed by atoms with E-state index < -0.39 is 0 Å². The first kappa shape index (κ1) is 14.7. The molecule has 1 fully saturated rings. The van der Waals surface area contributed by atoms with Gasteiger partial charge in [-0.3, -0.25) is 9.79 Å². The van der Waals surface area contributed by atoms with Crippen molar-refractivity contribution < 1.29 is 9.21 Å². The minimum atomic E-state index is -0.109. The summed E-state index contributed by atoms with van der Waals surface area (Å²) >= 11 is 1.35. The van der Waals surface area contributed by atoms with Crippen LogP contribution in [0.15, 0.2) is 57.0 Å². The van der Waals surface area contributed by atoms with Crippen molar-refractivity contribution in [2.45, 2.75) is 19.9 Å². The van der Waals surface area contributed by atoms with E-state index in [1.54, 1.807) is 6.26 Å². The fraction of sp³-hybridized carbons (Fsp3) is 0.176. The maximum Gasteiger partial charge on any atom is 0.264 e. The normalized spacial score (nSPS) is 18.1. The van der Waals surface area contributed by atoms with Crippen LogP contribution in [0.1, 0.15) is 23.8 Å². The van der Waals surface area contributed by atoms with Gasteiger partial charge in [0.15, 0.2) is 5.17 Å². The number of hydrogen-bond donors (Lipinski definition) is 1. The van der Waals surface area contributed by atoms with Crippen LogP contribution in [0.25, 0.3) is 6.08 Å². The maximum atomic E-state index is 12.0. The standard InChI is InChI=1S/C17H16N2O2S/c1-2-12-5-7-13(8-6-12)10-15-16(20)19-17(22-15)18-11-14-4-3-9-21-14/h3-10H,2,11H2,1H3,(H,18,19,20)/b15-10-. The molecule has 1 aromatic heterocycles. The molecule has 0 unspecified atom stereocenters. The van der Waals surface area contributed by atoms with Crippen molar-refractivity contribution in [1.29, 1.82) is 0 Å².